The fraction of sp³-hybridized carbons (Fsp3) is 0.588. The molecule has 0 aromatic carbocycles. The van der Waals surface area contributed by atoms with E-state index in [1.807, 2.05) is 4.90 Å². The fourth-order valence-corrected chi connectivity index (χ4v) is 3.07. The summed E-state index contributed by atoms with van der Waals surface area (Å²) in [5.74, 6) is 0.293. The van der Waals surface area contributed by atoms with E-state index in [9.17, 15) is 14.4 Å². The summed E-state index contributed by atoms with van der Waals surface area (Å²) >= 11 is 0. The number of rotatable bonds is 5. The number of hydrogen-bond acceptors (Lipinski definition) is 3. The van der Waals surface area contributed by atoms with E-state index in [-0.39, 0.29) is 29.2 Å². The van der Waals surface area contributed by atoms with Gasteiger partial charge in [0.15, 0.2) is 0 Å². The van der Waals surface area contributed by atoms with Crippen molar-refractivity contribution in [3.63, 3.8) is 0 Å². The predicted octanol–water partition coefficient (Wildman–Crippen LogP) is 0.613. The van der Waals surface area contributed by atoms with E-state index >= 15 is 0 Å². The van der Waals surface area contributed by atoms with Crippen LogP contribution in [0.15, 0.2) is 29.2 Å². The molecule has 2 amide bonds. The summed E-state index contributed by atoms with van der Waals surface area (Å²) in [6.07, 6.45) is 5.42. The van der Waals surface area contributed by atoms with Crippen molar-refractivity contribution in [3.05, 3.63) is 34.7 Å². The van der Waals surface area contributed by atoms with Crippen molar-refractivity contribution >= 4 is 11.8 Å². The van der Waals surface area contributed by atoms with Crippen LogP contribution in [0.3, 0.4) is 0 Å². The van der Waals surface area contributed by atoms with Crippen molar-refractivity contribution in [3.8, 4) is 0 Å². The molecule has 1 saturated carbocycles. The second-order valence-electron chi connectivity index (χ2n) is 6.42. The quantitative estimate of drug-likeness (QED) is 0.865. The number of pyridine rings is 1. The van der Waals surface area contributed by atoms with Crippen LogP contribution in [-0.2, 0) is 16.1 Å². The van der Waals surface area contributed by atoms with Gasteiger partial charge in [0.2, 0.25) is 11.8 Å². The number of amides is 2. The van der Waals surface area contributed by atoms with Crippen molar-refractivity contribution in [1.29, 1.82) is 0 Å². The van der Waals surface area contributed by atoms with Gasteiger partial charge in [-0.15, -0.1) is 0 Å². The number of piperidine rings is 1. The number of likely N-dealkylation sites (tertiary alicyclic amines) is 1. The van der Waals surface area contributed by atoms with Gasteiger partial charge in [-0.25, -0.2) is 0 Å². The Hall–Kier alpha value is -2.11. The second-order valence-corrected chi connectivity index (χ2v) is 6.42. The van der Waals surface area contributed by atoms with E-state index in [2.05, 4.69) is 5.32 Å². The highest BCUT2D eigenvalue weighted by atomic mass is 16.2. The lowest BCUT2D eigenvalue weighted by atomic mass is 9.96. The normalized spacial score (nSPS) is 21.0. The largest absolute Gasteiger partial charge is 0.354 e. The van der Waals surface area contributed by atoms with Gasteiger partial charge in [0, 0.05) is 44.4 Å². The van der Waals surface area contributed by atoms with E-state index in [1.54, 1.807) is 22.9 Å². The SMILES string of the molecule is O=C(NCCn1ccccc1=O)C1CCCN(C(=O)C2CC2)C1. The summed E-state index contributed by atoms with van der Waals surface area (Å²) in [5.41, 5.74) is -0.0689. The molecule has 1 aromatic rings. The van der Waals surface area contributed by atoms with Crippen molar-refractivity contribution in [2.75, 3.05) is 19.6 Å². The Bertz CT molecular complexity index is 636. The third-order valence-corrected chi connectivity index (χ3v) is 4.58. The number of carbonyl (C=O) groups is 2. The maximum absolute atomic E-state index is 12.3. The van der Waals surface area contributed by atoms with Crippen LogP contribution in [0, 0.1) is 11.8 Å². The van der Waals surface area contributed by atoms with E-state index in [0.717, 1.165) is 32.2 Å². The molecule has 3 rings (SSSR count). The van der Waals surface area contributed by atoms with Crippen molar-refractivity contribution in [1.82, 2.24) is 14.8 Å². The molecular weight excluding hydrogens is 294 g/mol. The summed E-state index contributed by atoms with van der Waals surface area (Å²) in [6.45, 7) is 2.20. The zero-order chi connectivity index (χ0) is 16.2. The minimum atomic E-state index is -0.126. The zero-order valence-corrected chi connectivity index (χ0v) is 13.2. The van der Waals surface area contributed by atoms with Crippen molar-refractivity contribution in [2.24, 2.45) is 11.8 Å². The first-order valence-corrected chi connectivity index (χ1v) is 8.37. The maximum atomic E-state index is 12.3. The van der Waals surface area contributed by atoms with Gasteiger partial charge in [-0.1, -0.05) is 6.07 Å². The van der Waals surface area contributed by atoms with Gasteiger partial charge in [-0.05, 0) is 31.7 Å². The molecular formula is C17H23N3O3. The molecule has 1 saturated heterocycles. The molecule has 6 heteroatoms. The zero-order valence-electron chi connectivity index (χ0n) is 13.2. The van der Waals surface area contributed by atoms with Gasteiger partial charge in [0.1, 0.15) is 0 Å². The summed E-state index contributed by atoms with van der Waals surface area (Å²) < 4.78 is 1.57. The highest BCUT2D eigenvalue weighted by Gasteiger charge is 2.36. The molecule has 1 aliphatic carbocycles. The molecule has 1 N–H and O–H groups in total. The molecule has 0 bridgehead atoms. The fourth-order valence-electron chi connectivity index (χ4n) is 3.07. The summed E-state index contributed by atoms with van der Waals surface area (Å²) in [5, 5.41) is 2.90. The van der Waals surface area contributed by atoms with Gasteiger partial charge in [-0.3, -0.25) is 14.4 Å². The minimum Gasteiger partial charge on any atom is -0.354 e. The smallest absolute Gasteiger partial charge is 0.250 e. The Morgan fingerprint density at radius 1 is 1.17 bits per heavy atom. The Labute approximate surface area is 135 Å². The lowest BCUT2D eigenvalue weighted by molar-refractivity contribution is -0.136. The summed E-state index contributed by atoms with van der Waals surface area (Å²) in [6, 6.07) is 5.00. The highest BCUT2D eigenvalue weighted by Crippen LogP contribution is 2.32. The molecule has 0 spiro atoms. The minimum absolute atomic E-state index is 0.0118. The van der Waals surface area contributed by atoms with Crippen LogP contribution in [0.5, 0.6) is 0 Å². The van der Waals surface area contributed by atoms with Crippen LogP contribution in [0.4, 0.5) is 0 Å². The summed E-state index contributed by atoms with van der Waals surface area (Å²) in [7, 11) is 0. The first kappa shape index (κ1) is 15.8. The van der Waals surface area contributed by atoms with Crippen LogP contribution in [0.25, 0.3) is 0 Å². The lowest BCUT2D eigenvalue weighted by Gasteiger charge is -2.32. The highest BCUT2D eigenvalue weighted by molar-refractivity contribution is 5.83. The van der Waals surface area contributed by atoms with E-state index in [0.29, 0.717) is 19.6 Å². The molecule has 6 nitrogen and oxygen atoms in total. The first-order valence-electron chi connectivity index (χ1n) is 8.37. The average molecular weight is 317 g/mol. The maximum Gasteiger partial charge on any atom is 0.250 e. The molecule has 0 radical (unpaired) electrons. The molecule has 2 heterocycles. The van der Waals surface area contributed by atoms with Gasteiger partial charge in [-0.2, -0.15) is 0 Å². The molecule has 2 fully saturated rings. The van der Waals surface area contributed by atoms with Gasteiger partial charge < -0.3 is 14.8 Å². The average Bonchev–Trinajstić information content (AvgIpc) is 3.41. The Morgan fingerprint density at radius 3 is 2.74 bits per heavy atom. The standard InChI is InChI=1S/C17H23N3O3/c21-15-5-1-2-9-19(15)11-8-18-16(22)14-4-3-10-20(12-14)17(23)13-6-7-13/h1-2,5,9,13-14H,3-4,6-8,10-12H2,(H,18,22). The molecule has 124 valence electrons. The molecule has 1 unspecified atom stereocenters. The molecule has 2 aliphatic rings. The topological polar surface area (TPSA) is 71.4 Å². The number of nitrogens with one attached hydrogen (secondary N) is 1. The van der Waals surface area contributed by atoms with E-state index in [1.165, 1.54) is 6.07 Å². The molecule has 1 aromatic heterocycles. The van der Waals surface area contributed by atoms with Gasteiger partial charge in [0.05, 0.1) is 5.92 Å². The van der Waals surface area contributed by atoms with Crippen LogP contribution in [-0.4, -0.2) is 40.9 Å². The Kier molecular flexibility index (Phi) is 4.79. The number of hydrogen-bond donors (Lipinski definition) is 1. The molecule has 1 aliphatic heterocycles. The Balaban J connectivity index is 1.47. The van der Waals surface area contributed by atoms with Crippen molar-refractivity contribution < 1.29 is 9.59 Å². The monoisotopic (exact) mass is 317 g/mol. The van der Waals surface area contributed by atoms with Crippen LogP contribution >= 0.6 is 0 Å². The third-order valence-electron chi connectivity index (χ3n) is 4.58. The van der Waals surface area contributed by atoms with E-state index in [4.69, 9.17) is 0 Å². The second kappa shape index (κ2) is 6.98. The van der Waals surface area contributed by atoms with Crippen molar-refractivity contribution in [2.45, 2.75) is 32.2 Å². The van der Waals surface area contributed by atoms with Crippen LogP contribution in [0.1, 0.15) is 25.7 Å². The van der Waals surface area contributed by atoms with Crippen LogP contribution < -0.4 is 10.9 Å². The van der Waals surface area contributed by atoms with Crippen LogP contribution in [0.2, 0.25) is 0 Å². The third kappa shape index (κ3) is 4.00. The van der Waals surface area contributed by atoms with E-state index < -0.39 is 0 Å². The Morgan fingerprint density at radius 2 is 2.00 bits per heavy atom. The first-order chi connectivity index (χ1) is 11.1. The van der Waals surface area contributed by atoms with Gasteiger partial charge >= 0.3 is 0 Å². The predicted molar refractivity (Wildman–Crippen MR) is 85.7 cm³/mol. The molecule has 23 heavy (non-hydrogen) atoms. The number of carbonyl (C=O) groups excluding carboxylic acids is 2. The lowest BCUT2D eigenvalue weighted by Crippen LogP contribution is -2.46. The number of aromatic nitrogens is 1. The summed E-state index contributed by atoms with van der Waals surface area (Å²) in [4.78, 5) is 37.9. The van der Waals surface area contributed by atoms with Gasteiger partial charge in [0.25, 0.3) is 5.56 Å². The molecule has 1 atom stereocenters. The number of nitrogens with zero attached hydrogens (tertiary/aromatic N) is 2.